The summed E-state index contributed by atoms with van der Waals surface area (Å²) in [6.45, 7) is 7.92. The van der Waals surface area contributed by atoms with Crippen molar-refractivity contribution in [2.24, 2.45) is 0 Å². The summed E-state index contributed by atoms with van der Waals surface area (Å²) in [5.74, 6) is 1.14. The molecule has 1 aliphatic rings. The molecule has 8 heteroatoms. The molecule has 176 valence electrons. The molecule has 0 radical (unpaired) electrons. The molecule has 1 N–H and O–H groups in total. The number of rotatable bonds is 6. The number of hydrogen-bond acceptors (Lipinski definition) is 5. The molecule has 3 aromatic carbocycles. The molecule has 0 unspecified atom stereocenters. The van der Waals surface area contributed by atoms with Gasteiger partial charge in [-0.15, -0.1) is 0 Å². The number of carbonyl (C=O) groups excluding carboxylic acids is 1. The number of anilines is 1. The smallest absolute Gasteiger partial charge is 0.330 e. The largest absolute Gasteiger partial charge is 0.496 e. The van der Waals surface area contributed by atoms with E-state index in [1.807, 2.05) is 36.4 Å². The molecule has 0 saturated heterocycles. The molecular formula is C26H26N2O5S. The number of allylic oxidation sites excluding steroid dienone is 1. The fourth-order valence-electron chi connectivity index (χ4n) is 3.94. The molecule has 4 rings (SSSR count). The number of nitrogens with one attached hydrogen (secondary N) is 1. The van der Waals surface area contributed by atoms with Crippen LogP contribution in [0.25, 0.3) is 21.9 Å². The molecule has 2 amide bonds. The lowest BCUT2D eigenvalue weighted by Crippen LogP contribution is -2.38. The molecule has 0 spiro atoms. The average Bonchev–Trinajstić information content (AvgIpc) is 2.76. The van der Waals surface area contributed by atoms with E-state index in [0.29, 0.717) is 11.4 Å². The number of nitrogens with zero attached hydrogens (tertiary/aromatic N) is 1. The second kappa shape index (κ2) is 8.87. The van der Waals surface area contributed by atoms with Gasteiger partial charge >= 0.3 is 16.1 Å². The van der Waals surface area contributed by atoms with E-state index in [4.69, 9.17) is 8.92 Å². The summed E-state index contributed by atoms with van der Waals surface area (Å²) in [6.07, 6.45) is 4.45. The van der Waals surface area contributed by atoms with Crippen molar-refractivity contribution in [1.29, 1.82) is 0 Å². The lowest BCUT2D eigenvalue weighted by molar-refractivity contribution is 0.250. The van der Waals surface area contributed by atoms with Crippen molar-refractivity contribution < 1.29 is 22.1 Å². The van der Waals surface area contributed by atoms with Crippen molar-refractivity contribution in [2.45, 2.75) is 19.8 Å². The fourth-order valence-corrected chi connectivity index (χ4v) is 4.39. The van der Waals surface area contributed by atoms with Gasteiger partial charge in [0.05, 0.1) is 19.1 Å². The Balaban J connectivity index is 1.86. The topological polar surface area (TPSA) is 84.9 Å². The standard InChI is InChI=1S/C26H26N2O5S/c1-16(2)23-14-21(28-11-10-17(3)27-26(28)29)15-24(25(23)32-4)20-7-6-19-13-22(33-34(5,30)31)9-8-18(19)12-20/h6-16H,3H2,1-2,4-5H3,(H,27,29). The van der Waals surface area contributed by atoms with Gasteiger partial charge < -0.3 is 14.2 Å². The SMILES string of the molecule is C=C1C=CN(c2cc(-c3ccc4cc(OS(C)(=O)=O)ccc4c3)c(OC)c(C(C)C)c2)C(=O)N1. The third-order valence-corrected chi connectivity index (χ3v) is 5.98. The van der Waals surface area contributed by atoms with Gasteiger partial charge in [-0.1, -0.05) is 38.6 Å². The van der Waals surface area contributed by atoms with Crippen LogP contribution in [0.15, 0.2) is 73.1 Å². The van der Waals surface area contributed by atoms with Crippen molar-refractivity contribution in [1.82, 2.24) is 5.32 Å². The fraction of sp³-hybridized carbons (Fsp3) is 0.192. The zero-order valence-electron chi connectivity index (χ0n) is 19.5. The van der Waals surface area contributed by atoms with Crippen molar-refractivity contribution >= 4 is 32.6 Å². The highest BCUT2D eigenvalue weighted by Gasteiger charge is 2.22. The Hall–Kier alpha value is -3.78. The van der Waals surface area contributed by atoms with Gasteiger partial charge in [0.2, 0.25) is 0 Å². The van der Waals surface area contributed by atoms with Gasteiger partial charge in [-0.05, 0) is 64.2 Å². The van der Waals surface area contributed by atoms with E-state index >= 15 is 0 Å². The van der Waals surface area contributed by atoms with Crippen LogP contribution >= 0.6 is 0 Å². The van der Waals surface area contributed by atoms with Gasteiger partial charge in [0, 0.05) is 17.5 Å². The van der Waals surface area contributed by atoms with Crippen molar-refractivity contribution in [2.75, 3.05) is 18.3 Å². The van der Waals surface area contributed by atoms with Gasteiger partial charge in [0.25, 0.3) is 0 Å². The molecule has 0 bridgehead atoms. The van der Waals surface area contributed by atoms with Crippen molar-refractivity contribution in [3.05, 3.63) is 78.6 Å². The number of methoxy groups -OCH3 is 1. The quantitative estimate of drug-likeness (QED) is 0.471. The second-order valence-corrected chi connectivity index (χ2v) is 10.00. The van der Waals surface area contributed by atoms with Crippen LogP contribution in [0.5, 0.6) is 11.5 Å². The Morgan fingerprint density at radius 2 is 1.74 bits per heavy atom. The Morgan fingerprint density at radius 1 is 1.03 bits per heavy atom. The van der Waals surface area contributed by atoms with E-state index in [9.17, 15) is 13.2 Å². The van der Waals surface area contributed by atoms with Crippen LogP contribution in [0.1, 0.15) is 25.3 Å². The highest BCUT2D eigenvalue weighted by Crippen LogP contribution is 2.41. The number of urea groups is 1. The molecule has 1 aliphatic heterocycles. The predicted octanol–water partition coefficient (Wildman–Crippen LogP) is 5.53. The molecule has 0 fully saturated rings. The molecule has 0 saturated carbocycles. The molecule has 7 nitrogen and oxygen atoms in total. The first-order valence-electron chi connectivity index (χ1n) is 10.7. The van der Waals surface area contributed by atoms with Gasteiger partial charge in [-0.3, -0.25) is 4.90 Å². The normalized spacial score (nSPS) is 14.0. The number of amides is 2. The van der Waals surface area contributed by atoms with Crippen LogP contribution in [-0.4, -0.2) is 27.8 Å². The summed E-state index contributed by atoms with van der Waals surface area (Å²) in [6, 6.07) is 14.6. The van der Waals surface area contributed by atoms with Crippen molar-refractivity contribution in [3.63, 3.8) is 0 Å². The third-order valence-electron chi connectivity index (χ3n) is 5.49. The first kappa shape index (κ1) is 23.4. The van der Waals surface area contributed by atoms with Crippen LogP contribution in [0.2, 0.25) is 0 Å². The van der Waals surface area contributed by atoms with Crippen LogP contribution in [0.4, 0.5) is 10.5 Å². The molecular weight excluding hydrogens is 452 g/mol. The Bertz CT molecular complexity index is 1440. The minimum Gasteiger partial charge on any atom is -0.496 e. The summed E-state index contributed by atoms with van der Waals surface area (Å²) >= 11 is 0. The third kappa shape index (κ3) is 4.77. The molecule has 34 heavy (non-hydrogen) atoms. The zero-order valence-corrected chi connectivity index (χ0v) is 20.3. The van der Waals surface area contributed by atoms with Gasteiger partial charge in [0.1, 0.15) is 11.5 Å². The van der Waals surface area contributed by atoms with E-state index in [0.717, 1.165) is 39.5 Å². The van der Waals surface area contributed by atoms with Gasteiger partial charge in [-0.2, -0.15) is 8.42 Å². The van der Waals surface area contributed by atoms with Gasteiger partial charge in [0.15, 0.2) is 0 Å². The maximum absolute atomic E-state index is 12.6. The molecule has 1 heterocycles. The molecule has 0 aliphatic carbocycles. The summed E-state index contributed by atoms with van der Waals surface area (Å²) < 4.78 is 33.7. The number of fused-ring (bicyclic) bond motifs is 1. The molecule has 0 atom stereocenters. The lowest BCUT2D eigenvalue weighted by Gasteiger charge is -2.26. The van der Waals surface area contributed by atoms with Crippen molar-refractivity contribution in [3.8, 4) is 22.6 Å². The highest BCUT2D eigenvalue weighted by atomic mass is 32.2. The first-order chi connectivity index (χ1) is 16.1. The van der Waals surface area contributed by atoms with Crippen LogP contribution < -0.4 is 19.1 Å². The van der Waals surface area contributed by atoms with Gasteiger partial charge in [-0.25, -0.2) is 4.79 Å². The van der Waals surface area contributed by atoms with Crippen LogP contribution in [0.3, 0.4) is 0 Å². The number of carbonyl (C=O) groups is 1. The molecule has 0 aromatic heterocycles. The Kier molecular flexibility index (Phi) is 6.10. The Morgan fingerprint density at radius 3 is 2.38 bits per heavy atom. The molecule has 3 aromatic rings. The van der Waals surface area contributed by atoms with E-state index in [1.165, 1.54) is 0 Å². The maximum Gasteiger partial charge on any atom is 0.330 e. The summed E-state index contributed by atoms with van der Waals surface area (Å²) in [5.41, 5.74) is 3.95. The van der Waals surface area contributed by atoms with Crippen LogP contribution in [-0.2, 0) is 10.1 Å². The summed E-state index contributed by atoms with van der Waals surface area (Å²) in [7, 11) is -1.97. The minimum atomic E-state index is -3.61. The second-order valence-electron chi connectivity index (χ2n) is 8.42. The highest BCUT2D eigenvalue weighted by molar-refractivity contribution is 7.86. The minimum absolute atomic E-state index is 0.150. The Labute approximate surface area is 199 Å². The maximum atomic E-state index is 12.6. The summed E-state index contributed by atoms with van der Waals surface area (Å²) in [4.78, 5) is 14.2. The first-order valence-corrected chi connectivity index (χ1v) is 12.5. The van der Waals surface area contributed by atoms with E-state index < -0.39 is 10.1 Å². The van der Waals surface area contributed by atoms with E-state index in [2.05, 4.69) is 25.7 Å². The van der Waals surface area contributed by atoms with E-state index in [-0.39, 0.29) is 17.7 Å². The average molecular weight is 479 g/mol. The number of benzene rings is 3. The predicted molar refractivity (Wildman–Crippen MR) is 135 cm³/mol. The number of hydrogen-bond donors (Lipinski definition) is 1. The van der Waals surface area contributed by atoms with E-state index in [1.54, 1.807) is 36.4 Å². The van der Waals surface area contributed by atoms with Crippen LogP contribution in [0, 0.1) is 0 Å². The number of ether oxygens (including phenoxy) is 1. The summed E-state index contributed by atoms with van der Waals surface area (Å²) in [5, 5.41) is 4.47. The lowest BCUT2D eigenvalue weighted by atomic mass is 9.93. The zero-order chi connectivity index (χ0) is 24.6. The monoisotopic (exact) mass is 478 g/mol.